The second kappa shape index (κ2) is 4.88. The van der Waals surface area contributed by atoms with Gasteiger partial charge in [-0.25, -0.2) is 0 Å². The minimum Gasteiger partial charge on any atom is -0.371 e. The van der Waals surface area contributed by atoms with Gasteiger partial charge in [0.2, 0.25) is 0 Å². The number of fused-ring (bicyclic) bond motifs is 1. The molecule has 0 saturated heterocycles. The van der Waals surface area contributed by atoms with Crippen molar-refractivity contribution in [2.24, 2.45) is 0 Å². The molecule has 1 heterocycles. The summed E-state index contributed by atoms with van der Waals surface area (Å²) in [4.78, 5) is 2.48. The van der Waals surface area contributed by atoms with E-state index in [4.69, 9.17) is 0 Å². The van der Waals surface area contributed by atoms with Crippen molar-refractivity contribution in [1.29, 1.82) is 0 Å². The highest BCUT2D eigenvalue weighted by atomic mass is 15.1. The Balaban J connectivity index is 2.25. The van der Waals surface area contributed by atoms with E-state index in [1.165, 1.54) is 24.2 Å². The monoisotopic (exact) mass is 218 g/mol. The zero-order chi connectivity index (χ0) is 11.5. The summed E-state index contributed by atoms with van der Waals surface area (Å²) in [5.41, 5.74) is 4.56. The molecule has 0 saturated carbocycles. The first-order valence-corrected chi connectivity index (χ1v) is 6.29. The molecular weight excluding hydrogens is 196 g/mol. The second-order valence-corrected chi connectivity index (χ2v) is 4.64. The smallest absolute Gasteiger partial charge is 0.0402 e. The molecule has 1 unspecified atom stereocenters. The maximum atomic E-state index is 3.32. The van der Waals surface area contributed by atoms with E-state index < -0.39 is 0 Å². The lowest BCUT2D eigenvalue weighted by molar-refractivity contribution is 0.606. The molecule has 88 valence electrons. The van der Waals surface area contributed by atoms with Crippen molar-refractivity contribution < 1.29 is 0 Å². The molecule has 2 rings (SSSR count). The van der Waals surface area contributed by atoms with Crippen LogP contribution in [0.2, 0.25) is 0 Å². The number of nitrogens with zero attached hydrogens (tertiary/aromatic N) is 1. The van der Waals surface area contributed by atoms with Gasteiger partial charge in [0.15, 0.2) is 0 Å². The van der Waals surface area contributed by atoms with Crippen LogP contribution in [0.1, 0.15) is 25.0 Å². The Labute approximate surface area is 98.7 Å². The molecule has 0 radical (unpaired) electrons. The van der Waals surface area contributed by atoms with Gasteiger partial charge in [0.05, 0.1) is 0 Å². The van der Waals surface area contributed by atoms with E-state index in [9.17, 15) is 0 Å². The van der Waals surface area contributed by atoms with E-state index >= 15 is 0 Å². The summed E-state index contributed by atoms with van der Waals surface area (Å²) in [6.45, 7) is 6.79. The number of hydrogen-bond donors (Lipinski definition) is 1. The van der Waals surface area contributed by atoms with E-state index in [1.54, 1.807) is 5.56 Å². The highest BCUT2D eigenvalue weighted by molar-refractivity contribution is 5.60. The summed E-state index contributed by atoms with van der Waals surface area (Å²) in [5.74, 6) is 0. The van der Waals surface area contributed by atoms with Crippen LogP contribution in [-0.4, -0.2) is 26.2 Å². The normalized spacial score (nSPS) is 16.3. The molecule has 0 aliphatic carbocycles. The fraction of sp³-hybridized carbons (Fsp3) is 0.571. The Morgan fingerprint density at radius 1 is 1.44 bits per heavy atom. The number of benzene rings is 1. The highest BCUT2D eigenvalue weighted by Gasteiger charge is 2.20. The van der Waals surface area contributed by atoms with Gasteiger partial charge in [-0.05, 0) is 50.9 Å². The molecule has 1 N–H and O–H groups in total. The van der Waals surface area contributed by atoms with E-state index in [2.05, 4.69) is 42.3 Å². The van der Waals surface area contributed by atoms with Crippen molar-refractivity contribution >= 4 is 5.69 Å². The average Bonchev–Trinajstić information content (AvgIpc) is 2.73. The summed E-state index contributed by atoms with van der Waals surface area (Å²) in [6.07, 6.45) is 2.35. The first-order chi connectivity index (χ1) is 7.76. The highest BCUT2D eigenvalue weighted by Crippen LogP contribution is 2.30. The molecule has 0 amide bonds. The SMILES string of the molecule is CCN1CCc2c(CC(C)NC)cccc21. The zero-order valence-corrected chi connectivity index (χ0v) is 10.6. The Bertz CT molecular complexity index is 360. The van der Waals surface area contributed by atoms with Gasteiger partial charge >= 0.3 is 0 Å². The van der Waals surface area contributed by atoms with Gasteiger partial charge in [0.1, 0.15) is 0 Å². The molecular formula is C14H22N2. The molecule has 0 bridgehead atoms. The molecule has 1 aromatic carbocycles. The van der Waals surface area contributed by atoms with Crippen LogP contribution in [0.25, 0.3) is 0 Å². The largest absolute Gasteiger partial charge is 0.371 e. The average molecular weight is 218 g/mol. The molecule has 0 fully saturated rings. The lowest BCUT2D eigenvalue weighted by Crippen LogP contribution is -2.24. The Hall–Kier alpha value is -1.02. The van der Waals surface area contributed by atoms with Crippen molar-refractivity contribution in [3.8, 4) is 0 Å². The predicted molar refractivity (Wildman–Crippen MR) is 70.3 cm³/mol. The van der Waals surface area contributed by atoms with Crippen LogP contribution in [0.3, 0.4) is 0 Å². The summed E-state index contributed by atoms with van der Waals surface area (Å²) in [7, 11) is 2.03. The summed E-state index contributed by atoms with van der Waals surface area (Å²) >= 11 is 0. The van der Waals surface area contributed by atoms with E-state index in [-0.39, 0.29) is 0 Å². The third kappa shape index (κ3) is 2.07. The lowest BCUT2D eigenvalue weighted by Gasteiger charge is -2.18. The van der Waals surface area contributed by atoms with Gasteiger partial charge in [0, 0.05) is 24.8 Å². The van der Waals surface area contributed by atoms with Crippen LogP contribution in [-0.2, 0) is 12.8 Å². The quantitative estimate of drug-likeness (QED) is 0.833. The van der Waals surface area contributed by atoms with Crippen molar-refractivity contribution in [1.82, 2.24) is 5.32 Å². The Kier molecular flexibility index (Phi) is 3.49. The third-order valence-corrected chi connectivity index (χ3v) is 3.62. The van der Waals surface area contributed by atoms with Gasteiger partial charge in [0.25, 0.3) is 0 Å². The molecule has 1 aliphatic heterocycles. The van der Waals surface area contributed by atoms with E-state index in [0.717, 1.165) is 13.0 Å². The fourth-order valence-electron chi connectivity index (χ4n) is 2.52. The van der Waals surface area contributed by atoms with Crippen LogP contribution in [0, 0.1) is 0 Å². The predicted octanol–water partition coefficient (Wildman–Crippen LogP) is 2.22. The summed E-state index contributed by atoms with van der Waals surface area (Å²) in [6, 6.07) is 7.30. The number of nitrogens with one attached hydrogen (secondary N) is 1. The molecule has 1 aromatic rings. The van der Waals surface area contributed by atoms with Crippen molar-refractivity contribution in [3.63, 3.8) is 0 Å². The first kappa shape index (κ1) is 11.5. The van der Waals surface area contributed by atoms with Gasteiger partial charge < -0.3 is 10.2 Å². The molecule has 0 spiro atoms. The standard InChI is InChI=1S/C14H22N2/c1-4-16-9-8-13-12(10-11(2)15-3)6-5-7-14(13)16/h5-7,11,15H,4,8-10H2,1-3H3. The van der Waals surface area contributed by atoms with Gasteiger partial charge in [-0.2, -0.15) is 0 Å². The van der Waals surface area contributed by atoms with Gasteiger partial charge in [-0.1, -0.05) is 12.1 Å². The minimum absolute atomic E-state index is 0.558. The van der Waals surface area contributed by atoms with E-state index in [1.807, 2.05) is 7.05 Å². The van der Waals surface area contributed by atoms with Crippen LogP contribution in [0.5, 0.6) is 0 Å². The fourth-order valence-corrected chi connectivity index (χ4v) is 2.52. The molecule has 16 heavy (non-hydrogen) atoms. The number of likely N-dealkylation sites (N-methyl/N-ethyl adjacent to an activating group) is 2. The second-order valence-electron chi connectivity index (χ2n) is 4.64. The van der Waals surface area contributed by atoms with E-state index in [0.29, 0.717) is 6.04 Å². The van der Waals surface area contributed by atoms with Crippen LogP contribution < -0.4 is 10.2 Å². The maximum absolute atomic E-state index is 3.32. The maximum Gasteiger partial charge on any atom is 0.0402 e. The Morgan fingerprint density at radius 3 is 2.94 bits per heavy atom. The van der Waals surface area contributed by atoms with Crippen molar-refractivity contribution in [3.05, 3.63) is 29.3 Å². The first-order valence-electron chi connectivity index (χ1n) is 6.29. The molecule has 1 aliphatic rings. The topological polar surface area (TPSA) is 15.3 Å². The third-order valence-electron chi connectivity index (χ3n) is 3.62. The minimum atomic E-state index is 0.558. The molecule has 0 aromatic heterocycles. The van der Waals surface area contributed by atoms with Crippen LogP contribution in [0.15, 0.2) is 18.2 Å². The van der Waals surface area contributed by atoms with Crippen molar-refractivity contribution in [2.45, 2.75) is 32.7 Å². The number of rotatable bonds is 4. The number of anilines is 1. The molecule has 2 nitrogen and oxygen atoms in total. The zero-order valence-electron chi connectivity index (χ0n) is 10.6. The molecule has 2 heteroatoms. The van der Waals surface area contributed by atoms with Gasteiger partial charge in [-0.15, -0.1) is 0 Å². The van der Waals surface area contributed by atoms with Crippen LogP contribution >= 0.6 is 0 Å². The van der Waals surface area contributed by atoms with Gasteiger partial charge in [-0.3, -0.25) is 0 Å². The summed E-state index contributed by atoms with van der Waals surface area (Å²) < 4.78 is 0. The van der Waals surface area contributed by atoms with Crippen molar-refractivity contribution in [2.75, 3.05) is 25.0 Å². The number of hydrogen-bond acceptors (Lipinski definition) is 2. The van der Waals surface area contributed by atoms with Crippen LogP contribution in [0.4, 0.5) is 5.69 Å². The Morgan fingerprint density at radius 2 is 2.25 bits per heavy atom. The molecule has 1 atom stereocenters. The summed E-state index contributed by atoms with van der Waals surface area (Å²) in [5, 5.41) is 3.32. The lowest BCUT2D eigenvalue weighted by atomic mass is 9.99.